The maximum absolute atomic E-state index is 5.19. The molecule has 1 N–H and O–H groups in total. The lowest BCUT2D eigenvalue weighted by Crippen LogP contribution is -2.44. The number of fused-ring (bicyclic) bond motifs is 1. The van der Waals surface area contributed by atoms with E-state index in [4.69, 9.17) is 9.97 Å². The third-order valence-corrected chi connectivity index (χ3v) is 7.42. The largest absolute Gasteiger partial charge is 0.367 e. The summed E-state index contributed by atoms with van der Waals surface area (Å²) in [6, 6.07) is 11.5. The fourth-order valence-corrected chi connectivity index (χ4v) is 5.48. The van der Waals surface area contributed by atoms with E-state index in [1.165, 1.54) is 23.4 Å². The predicted molar refractivity (Wildman–Crippen MR) is 131 cm³/mol. The van der Waals surface area contributed by atoms with Crippen molar-refractivity contribution in [1.82, 2.24) is 24.8 Å². The van der Waals surface area contributed by atoms with Crippen LogP contribution in [-0.2, 0) is 0 Å². The number of nitrogens with zero attached hydrogens (tertiary/aromatic N) is 5. The van der Waals surface area contributed by atoms with Gasteiger partial charge in [-0.05, 0) is 63.0 Å². The number of anilines is 1. The van der Waals surface area contributed by atoms with E-state index in [1.807, 2.05) is 6.20 Å². The van der Waals surface area contributed by atoms with Gasteiger partial charge in [0.1, 0.15) is 11.3 Å². The molecule has 32 heavy (non-hydrogen) atoms. The normalized spacial score (nSPS) is 23.3. The molecule has 0 aliphatic carbocycles. The number of piperazine rings is 1. The Labute approximate surface area is 191 Å². The zero-order chi connectivity index (χ0) is 22.2. The number of para-hydroxylation sites is 1. The highest BCUT2D eigenvalue weighted by molar-refractivity contribution is 5.89. The fourth-order valence-electron chi connectivity index (χ4n) is 5.48. The number of aromatic nitrogens is 3. The van der Waals surface area contributed by atoms with E-state index in [9.17, 15) is 0 Å². The molecule has 0 spiro atoms. The summed E-state index contributed by atoms with van der Waals surface area (Å²) in [6.07, 6.45) is 5.41. The number of imidazole rings is 1. The summed E-state index contributed by atoms with van der Waals surface area (Å²) in [4.78, 5) is 21.1. The quantitative estimate of drug-likeness (QED) is 0.646. The van der Waals surface area contributed by atoms with Gasteiger partial charge in [0.2, 0.25) is 0 Å². The van der Waals surface area contributed by atoms with Gasteiger partial charge in [0.05, 0.1) is 29.0 Å². The fraction of sp³-hybridized carbons (Fsp3) is 0.538. The number of pyridine rings is 1. The van der Waals surface area contributed by atoms with Crippen molar-refractivity contribution < 1.29 is 0 Å². The first-order valence-electron chi connectivity index (χ1n) is 12.1. The summed E-state index contributed by atoms with van der Waals surface area (Å²) >= 11 is 0. The van der Waals surface area contributed by atoms with Crippen molar-refractivity contribution >= 4 is 16.7 Å². The van der Waals surface area contributed by atoms with Crippen molar-refractivity contribution in [3.8, 4) is 0 Å². The number of H-pyrrole nitrogens is 1. The lowest BCUT2D eigenvalue weighted by Gasteiger charge is -2.39. The van der Waals surface area contributed by atoms with E-state index in [-0.39, 0.29) is 6.04 Å². The first-order valence-corrected chi connectivity index (χ1v) is 12.1. The van der Waals surface area contributed by atoms with Crippen molar-refractivity contribution in [3.63, 3.8) is 0 Å². The van der Waals surface area contributed by atoms with Crippen LogP contribution in [0.4, 0.5) is 5.69 Å². The molecule has 6 heteroatoms. The van der Waals surface area contributed by atoms with Crippen LogP contribution in [0.15, 0.2) is 36.5 Å². The number of nitrogens with one attached hydrogen (secondary N) is 1. The van der Waals surface area contributed by atoms with Gasteiger partial charge in [-0.2, -0.15) is 0 Å². The minimum atomic E-state index is 0.281. The zero-order valence-corrected chi connectivity index (χ0v) is 19.9. The lowest BCUT2D eigenvalue weighted by atomic mass is 9.89. The molecular formula is C26H36N6. The SMILES string of the molecule is CC(C)c1cccnc1C1CCCC(c2nc3c(N4CCN(C)CC4)cccc3[nH]2)N1C. The van der Waals surface area contributed by atoms with E-state index >= 15 is 0 Å². The topological polar surface area (TPSA) is 51.3 Å². The first kappa shape index (κ1) is 21.4. The number of hydrogen-bond donors (Lipinski definition) is 1. The molecule has 2 atom stereocenters. The first-order chi connectivity index (χ1) is 15.5. The Kier molecular flexibility index (Phi) is 5.91. The second-order valence-corrected chi connectivity index (χ2v) is 9.85. The molecule has 2 saturated heterocycles. The third kappa shape index (κ3) is 3.90. The van der Waals surface area contributed by atoms with Crippen LogP contribution in [-0.4, -0.2) is 65.0 Å². The summed E-state index contributed by atoms with van der Waals surface area (Å²) in [7, 11) is 4.45. The summed E-state index contributed by atoms with van der Waals surface area (Å²) in [5.41, 5.74) is 6.13. The van der Waals surface area contributed by atoms with Crippen LogP contribution in [0.2, 0.25) is 0 Å². The van der Waals surface area contributed by atoms with Crippen molar-refractivity contribution in [2.45, 2.75) is 51.1 Å². The highest BCUT2D eigenvalue weighted by Crippen LogP contribution is 2.41. The average molecular weight is 433 g/mol. The zero-order valence-electron chi connectivity index (χ0n) is 19.9. The number of benzene rings is 1. The number of hydrogen-bond acceptors (Lipinski definition) is 5. The standard InChI is InChI=1S/C26H36N6/c1-18(2)19-8-7-13-27-24(19)21-10-6-12-23(31(21)4)26-28-20-9-5-11-22(25(20)29-26)32-16-14-30(3)15-17-32/h5,7-9,11,13,18,21,23H,6,10,12,14-17H2,1-4H3,(H,28,29). The molecule has 2 fully saturated rings. The van der Waals surface area contributed by atoms with Crippen LogP contribution in [0.5, 0.6) is 0 Å². The van der Waals surface area contributed by atoms with Crippen LogP contribution in [0.3, 0.4) is 0 Å². The summed E-state index contributed by atoms with van der Waals surface area (Å²) in [5.74, 6) is 1.57. The maximum atomic E-state index is 5.19. The Bertz CT molecular complexity index is 1070. The molecule has 4 heterocycles. The van der Waals surface area contributed by atoms with E-state index in [0.717, 1.165) is 55.9 Å². The van der Waals surface area contributed by atoms with Crippen molar-refractivity contribution in [2.75, 3.05) is 45.2 Å². The van der Waals surface area contributed by atoms with Gasteiger partial charge in [-0.3, -0.25) is 9.88 Å². The van der Waals surface area contributed by atoms with Crippen molar-refractivity contribution in [2.24, 2.45) is 0 Å². The van der Waals surface area contributed by atoms with Gasteiger partial charge in [-0.15, -0.1) is 0 Å². The molecule has 2 aliphatic rings. The van der Waals surface area contributed by atoms with Crippen LogP contribution < -0.4 is 4.90 Å². The van der Waals surface area contributed by atoms with Gasteiger partial charge in [-0.25, -0.2) is 4.98 Å². The molecule has 0 radical (unpaired) electrons. The molecule has 2 aromatic heterocycles. The molecule has 2 aliphatic heterocycles. The Morgan fingerprint density at radius 1 is 0.969 bits per heavy atom. The van der Waals surface area contributed by atoms with Gasteiger partial charge >= 0.3 is 0 Å². The Balaban J connectivity index is 1.46. The average Bonchev–Trinajstić information content (AvgIpc) is 3.24. The summed E-state index contributed by atoms with van der Waals surface area (Å²) < 4.78 is 0. The highest BCUT2D eigenvalue weighted by atomic mass is 15.3. The van der Waals surface area contributed by atoms with Gasteiger partial charge < -0.3 is 14.8 Å². The predicted octanol–water partition coefficient (Wildman–Crippen LogP) is 4.73. The lowest BCUT2D eigenvalue weighted by molar-refractivity contribution is 0.106. The number of rotatable bonds is 4. The van der Waals surface area contributed by atoms with Crippen LogP contribution in [0.25, 0.3) is 11.0 Å². The minimum absolute atomic E-state index is 0.281. The number of likely N-dealkylation sites (N-methyl/N-ethyl adjacent to an activating group) is 1. The Morgan fingerprint density at radius 2 is 1.75 bits per heavy atom. The van der Waals surface area contributed by atoms with Gasteiger partial charge in [0, 0.05) is 32.4 Å². The molecule has 6 nitrogen and oxygen atoms in total. The van der Waals surface area contributed by atoms with E-state index < -0.39 is 0 Å². The number of aromatic amines is 1. The molecule has 0 amide bonds. The molecule has 0 saturated carbocycles. The summed E-state index contributed by atoms with van der Waals surface area (Å²) in [6.45, 7) is 8.84. The molecule has 2 unspecified atom stereocenters. The van der Waals surface area contributed by atoms with Crippen LogP contribution in [0.1, 0.15) is 68.2 Å². The maximum Gasteiger partial charge on any atom is 0.124 e. The van der Waals surface area contributed by atoms with E-state index in [1.54, 1.807) is 0 Å². The van der Waals surface area contributed by atoms with Gasteiger partial charge in [0.15, 0.2) is 0 Å². The molecule has 170 valence electrons. The molecule has 1 aromatic carbocycles. The molecule has 3 aromatic rings. The van der Waals surface area contributed by atoms with Crippen LogP contribution >= 0.6 is 0 Å². The molecule has 0 bridgehead atoms. The Morgan fingerprint density at radius 3 is 2.53 bits per heavy atom. The minimum Gasteiger partial charge on any atom is -0.367 e. The van der Waals surface area contributed by atoms with E-state index in [2.05, 4.69) is 78.0 Å². The van der Waals surface area contributed by atoms with Gasteiger partial charge in [-0.1, -0.05) is 26.0 Å². The number of piperidine rings is 1. The highest BCUT2D eigenvalue weighted by Gasteiger charge is 2.34. The summed E-state index contributed by atoms with van der Waals surface area (Å²) in [5, 5.41) is 0. The molecular weight excluding hydrogens is 396 g/mol. The van der Waals surface area contributed by atoms with Gasteiger partial charge in [0.25, 0.3) is 0 Å². The number of likely N-dealkylation sites (tertiary alicyclic amines) is 1. The van der Waals surface area contributed by atoms with Crippen molar-refractivity contribution in [1.29, 1.82) is 0 Å². The second-order valence-electron chi connectivity index (χ2n) is 9.85. The van der Waals surface area contributed by atoms with Crippen LogP contribution in [0, 0.1) is 0 Å². The third-order valence-electron chi connectivity index (χ3n) is 7.42. The molecule has 5 rings (SSSR count). The van der Waals surface area contributed by atoms with Crippen molar-refractivity contribution in [3.05, 3.63) is 53.6 Å². The Hall–Kier alpha value is -2.44. The smallest absolute Gasteiger partial charge is 0.124 e. The monoisotopic (exact) mass is 432 g/mol. The van der Waals surface area contributed by atoms with E-state index in [0.29, 0.717) is 12.0 Å². The second kappa shape index (κ2) is 8.83.